The molecule has 0 atom stereocenters. The molecule has 0 aromatic carbocycles. The van der Waals surface area contributed by atoms with Crippen LogP contribution in [0.25, 0.3) is 11.5 Å². The SMILES string of the molecule is CC(=O)Nc1c(C(=O)O)c(-c2ncc([N+](=O)[O-])n2C)nn1C. The zero-order valence-electron chi connectivity index (χ0n) is 11.9. The number of imidazole rings is 1. The molecule has 0 aliphatic heterocycles. The third-order valence-electron chi connectivity index (χ3n) is 2.92. The molecule has 0 aliphatic carbocycles. The number of rotatable bonds is 4. The number of carboxylic acids is 1. The van der Waals surface area contributed by atoms with E-state index in [9.17, 15) is 24.8 Å². The normalized spacial score (nSPS) is 10.5. The first-order valence-electron chi connectivity index (χ1n) is 5.98. The fourth-order valence-electron chi connectivity index (χ4n) is 1.98. The Morgan fingerprint density at radius 1 is 1.41 bits per heavy atom. The fourth-order valence-corrected chi connectivity index (χ4v) is 1.98. The minimum Gasteiger partial charge on any atom is -0.477 e. The Labute approximate surface area is 123 Å². The van der Waals surface area contributed by atoms with Gasteiger partial charge in [0.25, 0.3) is 0 Å². The van der Waals surface area contributed by atoms with E-state index >= 15 is 0 Å². The summed E-state index contributed by atoms with van der Waals surface area (Å²) in [5.41, 5.74) is -0.365. The highest BCUT2D eigenvalue weighted by molar-refractivity contribution is 6.03. The third kappa shape index (κ3) is 2.39. The fraction of sp³-hybridized carbons (Fsp3) is 0.273. The van der Waals surface area contributed by atoms with Crippen molar-refractivity contribution in [3.05, 3.63) is 21.9 Å². The van der Waals surface area contributed by atoms with Crippen molar-refractivity contribution in [2.24, 2.45) is 14.1 Å². The minimum atomic E-state index is -1.34. The molecule has 0 aliphatic rings. The maximum atomic E-state index is 11.5. The van der Waals surface area contributed by atoms with E-state index in [0.29, 0.717) is 0 Å². The van der Waals surface area contributed by atoms with Crippen LogP contribution in [-0.4, -0.2) is 41.2 Å². The van der Waals surface area contributed by atoms with Crippen molar-refractivity contribution >= 4 is 23.5 Å². The van der Waals surface area contributed by atoms with Crippen LogP contribution >= 0.6 is 0 Å². The molecule has 1 amide bonds. The maximum Gasteiger partial charge on any atom is 0.342 e. The summed E-state index contributed by atoms with van der Waals surface area (Å²) in [5.74, 6) is -2.13. The topological polar surface area (TPSA) is 145 Å². The average Bonchev–Trinajstić information content (AvgIpc) is 2.90. The quantitative estimate of drug-likeness (QED) is 0.613. The van der Waals surface area contributed by atoms with E-state index in [1.807, 2.05) is 0 Å². The number of carbonyl (C=O) groups is 2. The van der Waals surface area contributed by atoms with Gasteiger partial charge in [-0.25, -0.2) is 14.3 Å². The summed E-state index contributed by atoms with van der Waals surface area (Å²) >= 11 is 0. The molecule has 116 valence electrons. The second-order valence-corrected chi connectivity index (χ2v) is 4.44. The number of aromatic carboxylic acids is 1. The van der Waals surface area contributed by atoms with Crippen molar-refractivity contribution < 1.29 is 19.6 Å². The van der Waals surface area contributed by atoms with Gasteiger partial charge in [0.2, 0.25) is 11.7 Å². The molecule has 0 bridgehead atoms. The van der Waals surface area contributed by atoms with E-state index in [1.165, 1.54) is 25.7 Å². The molecule has 22 heavy (non-hydrogen) atoms. The van der Waals surface area contributed by atoms with Gasteiger partial charge in [0.15, 0.2) is 5.69 Å². The van der Waals surface area contributed by atoms with Gasteiger partial charge in [-0.3, -0.25) is 9.48 Å². The first-order valence-corrected chi connectivity index (χ1v) is 5.98. The summed E-state index contributed by atoms with van der Waals surface area (Å²) in [6, 6.07) is 0. The summed E-state index contributed by atoms with van der Waals surface area (Å²) in [7, 11) is 2.82. The number of carbonyl (C=O) groups excluding carboxylic acids is 1. The highest BCUT2D eigenvalue weighted by atomic mass is 16.6. The number of nitrogens with one attached hydrogen (secondary N) is 1. The van der Waals surface area contributed by atoms with Crippen molar-refractivity contribution in [2.45, 2.75) is 6.92 Å². The zero-order valence-corrected chi connectivity index (χ0v) is 11.9. The number of anilines is 1. The van der Waals surface area contributed by atoms with E-state index in [0.717, 1.165) is 10.8 Å². The Morgan fingerprint density at radius 3 is 2.50 bits per heavy atom. The summed E-state index contributed by atoms with van der Waals surface area (Å²) in [6.07, 6.45) is 1.01. The molecule has 0 saturated carbocycles. The van der Waals surface area contributed by atoms with Gasteiger partial charge in [0, 0.05) is 14.0 Å². The molecule has 0 unspecified atom stereocenters. The van der Waals surface area contributed by atoms with Crippen LogP contribution in [0.2, 0.25) is 0 Å². The number of nitro groups is 1. The van der Waals surface area contributed by atoms with Crippen LogP contribution in [0.4, 0.5) is 11.6 Å². The molecule has 2 heterocycles. The Bertz CT molecular complexity index is 789. The lowest BCUT2D eigenvalue weighted by atomic mass is 10.2. The summed E-state index contributed by atoms with van der Waals surface area (Å²) in [6.45, 7) is 1.23. The molecule has 11 heteroatoms. The van der Waals surface area contributed by atoms with Crippen LogP contribution in [-0.2, 0) is 18.9 Å². The van der Waals surface area contributed by atoms with Gasteiger partial charge in [-0.15, -0.1) is 0 Å². The van der Waals surface area contributed by atoms with E-state index in [4.69, 9.17) is 0 Å². The van der Waals surface area contributed by atoms with Gasteiger partial charge in [-0.05, 0) is 4.92 Å². The number of hydrogen-bond acceptors (Lipinski definition) is 6. The van der Waals surface area contributed by atoms with Crippen molar-refractivity contribution in [1.29, 1.82) is 0 Å². The van der Waals surface area contributed by atoms with Crippen LogP contribution in [0, 0.1) is 10.1 Å². The molecular formula is C11H12N6O5. The van der Waals surface area contributed by atoms with Gasteiger partial charge in [0.05, 0.1) is 7.05 Å². The molecular weight excluding hydrogens is 296 g/mol. The van der Waals surface area contributed by atoms with Gasteiger partial charge in [-0.1, -0.05) is 0 Å². The van der Waals surface area contributed by atoms with E-state index < -0.39 is 16.8 Å². The number of carboxylic acid groups (broad SMARTS) is 1. The number of aryl methyl sites for hydroxylation is 1. The van der Waals surface area contributed by atoms with Crippen LogP contribution in [0.3, 0.4) is 0 Å². The number of hydrogen-bond donors (Lipinski definition) is 2. The standard InChI is InChI=1S/C11H12N6O5/c1-5(18)13-9-7(11(19)20)8(14-16(9)3)10-12-4-6(15(10)2)17(21)22/h4H,1-3H3,(H,13,18)(H,19,20). The Kier molecular flexibility index (Phi) is 3.63. The van der Waals surface area contributed by atoms with Crippen LogP contribution in [0.15, 0.2) is 6.20 Å². The van der Waals surface area contributed by atoms with E-state index in [2.05, 4.69) is 15.4 Å². The average molecular weight is 308 g/mol. The molecule has 0 saturated heterocycles. The van der Waals surface area contributed by atoms with Crippen LogP contribution < -0.4 is 5.32 Å². The second kappa shape index (κ2) is 5.27. The monoisotopic (exact) mass is 308 g/mol. The van der Waals surface area contributed by atoms with Crippen LogP contribution in [0.5, 0.6) is 0 Å². The summed E-state index contributed by atoms with van der Waals surface area (Å²) in [5, 5.41) is 26.6. The van der Waals surface area contributed by atoms with Gasteiger partial charge >= 0.3 is 11.8 Å². The largest absolute Gasteiger partial charge is 0.477 e. The molecule has 0 spiro atoms. The molecule has 2 aromatic rings. The molecule has 2 rings (SSSR count). The molecule has 2 N–H and O–H groups in total. The predicted octanol–water partition coefficient (Wildman–Crippen LogP) is 0.385. The molecule has 11 nitrogen and oxygen atoms in total. The highest BCUT2D eigenvalue weighted by Crippen LogP contribution is 2.29. The van der Waals surface area contributed by atoms with Crippen molar-refractivity contribution in [1.82, 2.24) is 19.3 Å². The highest BCUT2D eigenvalue weighted by Gasteiger charge is 2.30. The molecule has 2 aromatic heterocycles. The van der Waals surface area contributed by atoms with Crippen LogP contribution in [0.1, 0.15) is 17.3 Å². The molecule has 0 radical (unpaired) electrons. The zero-order chi connectivity index (χ0) is 16.6. The second-order valence-electron chi connectivity index (χ2n) is 4.44. The number of aromatic nitrogens is 4. The van der Waals surface area contributed by atoms with E-state index in [-0.39, 0.29) is 28.7 Å². The smallest absolute Gasteiger partial charge is 0.342 e. The maximum absolute atomic E-state index is 11.5. The lowest BCUT2D eigenvalue weighted by Gasteiger charge is -2.03. The Hall–Kier alpha value is -3.24. The first kappa shape index (κ1) is 15.2. The third-order valence-corrected chi connectivity index (χ3v) is 2.92. The predicted molar refractivity (Wildman–Crippen MR) is 73.3 cm³/mol. The van der Waals surface area contributed by atoms with Gasteiger partial charge in [-0.2, -0.15) is 5.10 Å². The van der Waals surface area contributed by atoms with Crippen molar-refractivity contribution in [2.75, 3.05) is 5.32 Å². The van der Waals surface area contributed by atoms with Crippen molar-refractivity contribution in [3.63, 3.8) is 0 Å². The van der Waals surface area contributed by atoms with Gasteiger partial charge in [0.1, 0.15) is 17.6 Å². The summed E-state index contributed by atoms with van der Waals surface area (Å²) < 4.78 is 2.28. The summed E-state index contributed by atoms with van der Waals surface area (Å²) in [4.78, 5) is 36.7. The minimum absolute atomic E-state index is 0.0105. The van der Waals surface area contributed by atoms with Gasteiger partial charge < -0.3 is 20.5 Å². The lowest BCUT2D eigenvalue weighted by molar-refractivity contribution is -0.391. The lowest BCUT2D eigenvalue weighted by Crippen LogP contribution is -2.13. The Morgan fingerprint density at radius 2 is 2.05 bits per heavy atom. The van der Waals surface area contributed by atoms with E-state index in [1.54, 1.807) is 0 Å². The first-order chi connectivity index (χ1) is 10.2. The van der Waals surface area contributed by atoms with Crippen molar-refractivity contribution in [3.8, 4) is 11.5 Å². The molecule has 0 fully saturated rings. The number of amides is 1. The Balaban J connectivity index is 2.68. The number of nitrogens with zero attached hydrogens (tertiary/aromatic N) is 5.